The van der Waals surface area contributed by atoms with Crippen molar-refractivity contribution in [3.63, 3.8) is 0 Å². The maximum absolute atomic E-state index is 11.9. The Morgan fingerprint density at radius 2 is 1.90 bits per heavy atom. The van der Waals surface area contributed by atoms with Gasteiger partial charge in [-0.1, -0.05) is 0 Å². The Labute approximate surface area is 113 Å². The first-order valence-electron chi connectivity index (χ1n) is 5.65. The summed E-state index contributed by atoms with van der Waals surface area (Å²) in [6.07, 6.45) is 0. The number of aromatic nitrogens is 1. The minimum absolute atomic E-state index is 0.00640. The molecule has 0 aliphatic rings. The van der Waals surface area contributed by atoms with Gasteiger partial charge in [-0.15, -0.1) is 0 Å². The molecule has 2 rings (SSSR count). The SMILES string of the molecule is Cc1cc(=O)n(-c2ccc(C(=O)O)cc2)c(O)c1C#N. The molecular weight excluding hydrogens is 260 g/mol. The van der Waals surface area contributed by atoms with Gasteiger partial charge in [-0.3, -0.25) is 4.79 Å². The van der Waals surface area contributed by atoms with Crippen molar-refractivity contribution >= 4 is 5.97 Å². The van der Waals surface area contributed by atoms with E-state index in [0.717, 1.165) is 4.57 Å². The molecule has 2 N–H and O–H groups in total. The lowest BCUT2D eigenvalue weighted by Gasteiger charge is -2.11. The highest BCUT2D eigenvalue weighted by Crippen LogP contribution is 2.21. The quantitative estimate of drug-likeness (QED) is 0.858. The van der Waals surface area contributed by atoms with Gasteiger partial charge in [-0.25, -0.2) is 9.36 Å². The minimum atomic E-state index is -1.09. The van der Waals surface area contributed by atoms with E-state index < -0.39 is 17.4 Å². The Balaban J connectivity index is 2.67. The molecule has 1 aromatic heterocycles. The van der Waals surface area contributed by atoms with Crippen LogP contribution in [0.15, 0.2) is 35.1 Å². The first-order valence-corrected chi connectivity index (χ1v) is 5.65. The number of aromatic hydroxyl groups is 1. The number of hydrogen-bond acceptors (Lipinski definition) is 4. The highest BCUT2D eigenvalue weighted by Gasteiger charge is 2.14. The third-order valence-electron chi connectivity index (χ3n) is 2.87. The number of carbonyl (C=O) groups is 1. The van der Waals surface area contributed by atoms with E-state index >= 15 is 0 Å². The van der Waals surface area contributed by atoms with E-state index in [1.165, 1.54) is 30.3 Å². The smallest absolute Gasteiger partial charge is 0.335 e. The number of nitriles is 1. The van der Waals surface area contributed by atoms with Gasteiger partial charge in [0.2, 0.25) is 5.88 Å². The lowest BCUT2D eigenvalue weighted by atomic mass is 10.1. The first-order chi connectivity index (χ1) is 9.45. The fraction of sp³-hybridized carbons (Fsp3) is 0.0714. The third-order valence-corrected chi connectivity index (χ3v) is 2.87. The highest BCUT2D eigenvalue weighted by atomic mass is 16.4. The fourth-order valence-corrected chi connectivity index (χ4v) is 1.86. The van der Waals surface area contributed by atoms with Crippen molar-refractivity contribution in [1.82, 2.24) is 4.57 Å². The van der Waals surface area contributed by atoms with Crippen LogP contribution in [0.25, 0.3) is 5.69 Å². The average Bonchev–Trinajstić information content (AvgIpc) is 2.39. The zero-order chi connectivity index (χ0) is 14.9. The summed E-state index contributed by atoms with van der Waals surface area (Å²) in [6.45, 7) is 1.55. The van der Waals surface area contributed by atoms with Crippen LogP contribution in [-0.2, 0) is 0 Å². The molecule has 0 aliphatic carbocycles. The molecule has 6 nitrogen and oxygen atoms in total. The van der Waals surface area contributed by atoms with Crippen molar-refractivity contribution in [3.8, 4) is 17.6 Å². The van der Waals surface area contributed by atoms with Crippen LogP contribution < -0.4 is 5.56 Å². The number of rotatable bonds is 2. The summed E-state index contributed by atoms with van der Waals surface area (Å²) >= 11 is 0. The van der Waals surface area contributed by atoms with Crippen LogP contribution in [0.4, 0.5) is 0 Å². The number of carboxylic acids is 1. The van der Waals surface area contributed by atoms with Gasteiger partial charge in [0.15, 0.2) is 0 Å². The molecule has 0 saturated heterocycles. The first kappa shape index (κ1) is 13.4. The molecule has 0 atom stereocenters. The second-order valence-corrected chi connectivity index (χ2v) is 4.16. The molecule has 0 fully saturated rings. The molecule has 0 unspecified atom stereocenters. The van der Waals surface area contributed by atoms with Crippen molar-refractivity contribution in [2.45, 2.75) is 6.92 Å². The van der Waals surface area contributed by atoms with E-state index in [4.69, 9.17) is 10.4 Å². The molecule has 20 heavy (non-hydrogen) atoms. The molecule has 100 valence electrons. The zero-order valence-electron chi connectivity index (χ0n) is 10.5. The molecule has 0 aliphatic heterocycles. The van der Waals surface area contributed by atoms with Crippen LogP contribution >= 0.6 is 0 Å². The average molecular weight is 270 g/mol. The highest BCUT2D eigenvalue weighted by molar-refractivity contribution is 5.87. The monoisotopic (exact) mass is 270 g/mol. The number of nitrogens with zero attached hydrogens (tertiary/aromatic N) is 2. The molecule has 0 amide bonds. The Kier molecular flexibility index (Phi) is 3.27. The van der Waals surface area contributed by atoms with E-state index in [2.05, 4.69) is 0 Å². The molecular formula is C14H10N2O4. The van der Waals surface area contributed by atoms with Gasteiger partial charge >= 0.3 is 5.97 Å². The van der Waals surface area contributed by atoms with E-state index in [1.807, 2.05) is 6.07 Å². The van der Waals surface area contributed by atoms with Crippen LogP contribution in [0.2, 0.25) is 0 Å². The molecule has 6 heteroatoms. The van der Waals surface area contributed by atoms with Crippen LogP contribution in [-0.4, -0.2) is 20.7 Å². The fourth-order valence-electron chi connectivity index (χ4n) is 1.86. The summed E-state index contributed by atoms with van der Waals surface area (Å²) in [5.74, 6) is -1.55. The van der Waals surface area contributed by atoms with E-state index in [0.29, 0.717) is 5.56 Å². The van der Waals surface area contributed by atoms with Crippen LogP contribution in [0.3, 0.4) is 0 Å². The number of aryl methyl sites for hydroxylation is 1. The summed E-state index contributed by atoms with van der Waals surface area (Å²) in [5.41, 5.74) is 0.241. The Morgan fingerprint density at radius 3 is 2.40 bits per heavy atom. The molecule has 0 spiro atoms. The maximum atomic E-state index is 11.9. The zero-order valence-corrected chi connectivity index (χ0v) is 10.5. The third kappa shape index (κ3) is 2.12. The number of pyridine rings is 1. The van der Waals surface area contributed by atoms with Crippen LogP contribution in [0.5, 0.6) is 5.88 Å². The van der Waals surface area contributed by atoms with E-state index in [1.54, 1.807) is 6.92 Å². The summed E-state index contributed by atoms with van der Waals surface area (Å²) in [5, 5.41) is 27.8. The van der Waals surface area contributed by atoms with Gasteiger partial charge in [0.05, 0.1) is 11.3 Å². The normalized spacial score (nSPS) is 10.0. The lowest BCUT2D eigenvalue weighted by Crippen LogP contribution is -2.19. The van der Waals surface area contributed by atoms with Gasteiger partial charge in [0, 0.05) is 6.07 Å². The van der Waals surface area contributed by atoms with Gasteiger partial charge in [0.1, 0.15) is 11.6 Å². The largest absolute Gasteiger partial charge is 0.493 e. The van der Waals surface area contributed by atoms with Gasteiger partial charge in [-0.05, 0) is 36.8 Å². The molecule has 1 aromatic carbocycles. The molecule has 2 aromatic rings. The van der Waals surface area contributed by atoms with Crippen molar-refractivity contribution in [1.29, 1.82) is 5.26 Å². The maximum Gasteiger partial charge on any atom is 0.335 e. The molecule has 0 bridgehead atoms. The number of hydrogen-bond donors (Lipinski definition) is 2. The van der Waals surface area contributed by atoms with E-state index in [-0.39, 0.29) is 16.8 Å². The summed E-state index contributed by atoms with van der Waals surface area (Å²) in [7, 11) is 0. The van der Waals surface area contributed by atoms with Crippen molar-refractivity contribution in [2.75, 3.05) is 0 Å². The van der Waals surface area contributed by atoms with Crippen molar-refractivity contribution in [2.24, 2.45) is 0 Å². The Bertz CT molecular complexity index is 783. The number of aromatic carboxylic acids is 1. The van der Waals surface area contributed by atoms with Gasteiger partial charge in [0.25, 0.3) is 5.56 Å². The minimum Gasteiger partial charge on any atom is -0.493 e. The second-order valence-electron chi connectivity index (χ2n) is 4.16. The Hall–Kier alpha value is -3.07. The summed E-state index contributed by atoms with van der Waals surface area (Å²) < 4.78 is 0.956. The predicted molar refractivity (Wildman–Crippen MR) is 70.1 cm³/mol. The summed E-state index contributed by atoms with van der Waals surface area (Å²) in [4.78, 5) is 22.7. The standard InChI is InChI=1S/C14H10N2O4/c1-8-6-12(17)16(13(18)11(8)7-15)10-4-2-9(3-5-10)14(19)20/h2-6,18H,1H3,(H,19,20). The van der Waals surface area contributed by atoms with E-state index in [9.17, 15) is 14.7 Å². The summed E-state index contributed by atoms with van der Waals surface area (Å²) in [6, 6.07) is 8.48. The lowest BCUT2D eigenvalue weighted by molar-refractivity contribution is 0.0697. The molecule has 0 saturated carbocycles. The number of benzene rings is 1. The second kappa shape index (κ2) is 4.90. The van der Waals surface area contributed by atoms with Gasteiger partial charge < -0.3 is 10.2 Å². The number of carboxylic acid groups (broad SMARTS) is 1. The van der Waals surface area contributed by atoms with Crippen LogP contribution in [0, 0.1) is 18.3 Å². The van der Waals surface area contributed by atoms with Crippen molar-refractivity contribution in [3.05, 3.63) is 57.4 Å². The van der Waals surface area contributed by atoms with Gasteiger partial charge in [-0.2, -0.15) is 5.26 Å². The topological polar surface area (TPSA) is 103 Å². The molecule has 0 radical (unpaired) electrons. The predicted octanol–water partition coefficient (Wildman–Crippen LogP) is 1.42. The van der Waals surface area contributed by atoms with Crippen LogP contribution in [0.1, 0.15) is 21.5 Å². The molecule has 1 heterocycles. The van der Waals surface area contributed by atoms with Crippen molar-refractivity contribution < 1.29 is 15.0 Å². The Morgan fingerprint density at radius 1 is 1.30 bits per heavy atom.